The minimum atomic E-state index is -1.04. The maximum absolute atomic E-state index is 10.3. The molecule has 112 valence electrons. The summed E-state index contributed by atoms with van der Waals surface area (Å²) in [6.07, 6.45) is 5.31. The minimum absolute atomic E-state index is 0.271. The number of carboxylic acid groups (broad SMARTS) is 1. The summed E-state index contributed by atoms with van der Waals surface area (Å²) in [6.45, 7) is 0.582. The summed E-state index contributed by atoms with van der Waals surface area (Å²) in [5.74, 6) is 7.83. The van der Waals surface area contributed by atoms with E-state index in [-0.39, 0.29) is 6.54 Å². The Morgan fingerprint density at radius 1 is 1.33 bits per heavy atom. The number of carbonyl (C=O) groups is 1. The highest BCUT2D eigenvalue weighted by molar-refractivity contribution is 5.64. The Morgan fingerprint density at radius 3 is 2.90 bits per heavy atom. The summed E-state index contributed by atoms with van der Waals surface area (Å²) in [7, 11) is 0. The molecule has 2 N–H and O–H groups in total. The summed E-state index contributed by atoms with van der Waals surface area (Å²) in [4.78, 5) is 10.3. The van der Waals surface area contributed by atoms with Crippen LogP contribution in [0.25, 0.3) is 0 Å². The molecule has 0 bridgehead atoms. The molecule has 0 saturated heterocycles. The second-order valence-electron chi connectivity index (χ2n) is 5.21. The minimum Gasteiger partial charge on any atom is -0.492 e. The predicted octanol–water partition coefficient (Wildman–Crippen LogP) is 3.26. The van der Waals surface area contributed by atoms with Crippen molar-refractivity contribution < 1.29 is 14.6 Å². The predicted molar refractivity (Wildman–Crippen MR) is 81.4 cm³/mol. The van der Waals surface area contributed by atoms with Gasteiger partial charge >= 0.3 is 6.09 Å². The van der Waals surface area contributed by atoms with Crippen LogP contribution >= 0.6 is 0 Å². The van der Waals surface area contributed by atoms with Gasteiger partial charge in [-0.2, -0.15) is 0 Å². The molecule has 2 rings (SSSR count). The molecular formula is C17H21NO3. The van der Waals surface area contributed by atoms with Crippen LogP contribution in [0.15, 0.2) is 24.3 Å². The lowest BCUT2D eigenvalue weighted by Gasteiger charge is -2.15. The molecule has 21 heavy (non-hydrogen) atoms. The van der Waals surface area contributed by atoms with Crippen molar-refractivity contribution >= 4 is 6.09 Å². The van der Waals surface area contributed by atoms with Crippen LogP contribution in [0.5, 0.6) is 5.75 Å². The Balaban J connectivity index is 1.85. The molecule has 1 aliphatic carbocycles. The van der Waals surface area contributed by atoms with E-state index < -0.39 is 6.09 Å². The van der Waals surface area contributed by atoms with Crippen LogP contribution in [0.3, 0.4) is 0 Å². The number of hydrogen-bond donors (Lipinski definition) is 2. The molecule has 4 nitrogen and oxygen atoms in total. The molecule has 1 fully saturated rings. The van der Waals surface area contributed by atoms with E-state index in [9.17, 15) is 4.79 Å². The van der Waals surface area contributed by atoms with Crippen molar-refractivity contribution in [2.24, 2.45) is 5.92 Å². The first-order valence-corrected chi connectivity index (χ1v) is 7.45. The second-order valence-corrected chi connectivity index (χ2v) is 5.21. The van der Waals surface area contributed by atoms with Crippen LogP contribution in [-0.2, 0) is 0 Å². The van der Waals surface area contributed by atoms with Gasteiger partial charge in [0, 0.05) is 11.5 Å². The number of nitrogens with one attached hydrogen (secondary N) is 1. The normalized spacial score (nSPS) is 14.9. The quantitative estimate of drug-likeness (QED) is 0.660. The van der Waals surface area contributed by atoms with Crippen LogP contribution in [0.4, 0.5) is 4.79 Å². The highest BCUT2D eigenvalue weighted by atomic mass is 16.5. The van der Waals surface area contributed by atoms with Gasteiger partial charge in [0.25, 0.3) is 0 Å². The van der Waals surface area contributed by atoms with Crippen molar-refractivity contribution in [3.05, 3.63) is 29.8 Å². The summed E-state index contributed by atoms with van der Waals surface area (Å²) in [5.41, 5.74) is 0.948. The second kappa shape index (κ2) is 8.21. The molecule has 1 saturated carbocycles. The fourth-order valence-corrected chi connectivity index (χ4v) is 2.42. The van der Waals surface area contributed by atoms with Gasteiger partial charge in [-0.3, -0.25) is 0 Å². The third kappa shape index (κ3) is 5.78. The van der Waals surface area contributed by atoms with E-state index in [0.717, 1.165) is 11.3 Å². The molecule has 0 aromatic heterocycles. The fraction of sp³-hybridized carbons (Fsp3) is 0.471. The van der Waals surface area contributed by atoms with E-state index >= 15 is 0 Å². The third-order valence-electron chi connectivity index (χ3n) is 3.51. The molecular weight excluding hydrogens is 266 g/mol. The van der Waals surface area contributed by atoms with Gasteiger partial charge in [-0.05, 0) is 31.0 Å². The molecule has 0 spiro atoms. The SMILES string of the molecule is O=C(O)NCCOc1cccc(C#CC2CCCCC2)c1. The van der Waals surface area contributed by atoms with Crippen molar-refractivity contribution in [3.63, 3.8) is 0 Å². The largest absolute Gasteiger partial charge is 0.492 e. The first-order chi connectivity index (χ1) is 10.2. The number of benzene rings is 1. The van der Waals surface area contributed by atoms with Gasteiger partial charge in [0.15, 0.2) is 0 Å². The van der Waals surface area contributed by atoms with Gasteiger partial charge in [-0.15, -0.1) is 0 Å². The van der Waals surface area contributed by atoms with E-state index in [1.165, 1.54) is 32.1 Å². The third-order valence-corrected chi connectivity index (χ3v) is 3.51. The van der Waals surface area contributed by atoms with Gasteiger partial charge in [0.1, 0.15) is 12.4 Å². The summed E-state index contributed by atoms with van der Waals surface area (Å²) >= 11 is 0. The lowest BCUT2D eigenvalue weighted by Crippen LogP contribution is -2.26. The molecule has 0 aliphatic heterocycles. The Labute approximate surface area is 125 Å². The van der Waals surface area contributed by atoms with E-state index in [2.05, 4.69) is 17.2 Å². The summed E-state index contributed by atoms with van der Waals surface area (Å²) < 4.78 is 5.50. The van der Waals surface area contributed by atoms with E-state index in [0.29, 0.717) is 12.5 Å². The van der Waals surface area contributed by atoms with Gasteiger partial charge in [-0.25, -0.2) is 4.79 Å². The van der Waals surface area contributed by atoms with Crippen LogP contribution in [0.2, 0.25) is 0 Å². The standard InChI is InChI=1S/C17H21NO3/c19-17(20)18-11-12-21-16-8-4-7-15(13-16)10-9-14-5-2-1-3-6-14/h4,7-8,13-14,18H,1-3,5-6,11-12H2,(H,19,20). The molecule has 4 heteroatoms. The summed E-state index contributed by atoms with van der Waals surface area (Å²) in [5, 5.41) is 10.7. The molecule has 1 aliphatic rings. The maximum Gasteiger partial charge on any atom is 0.404 e. The van der Waals surface area contributed by atoms with Gasteiger partial charge in [0.05, 0.1) is 6.54 Å². The molecule has 1 aromatic rings. The number of rotatable bonds is 4. The number of amides is 1. The van der Waals surface area contributed by atoms with Crippen LogP contribution in [0, 0.1) is 17.8 Å². The Morgan fingerprint density at radius 2 is 2.14 bits per heavy atom. The molecule has 0 radical (unpaired) electrons. The first-order valence-electron chi connectivity index (χ1n) is 7.45. The Kier molecular flexibility index (Phi) is 5.96. The molecule has 0 heterocycles. The van der Waals surface area contributed by atoms with Crippen LogP contribution in [-0.4, -0.2) is 24.4 Å². The topological polar surface area (TPSA) is 58.6 Å². The lowest BCUT2D eigenvalue weighted by atomic mass is 9.90. The van der Waals surface area contributed by atoms with Crippen LogP contribution in [0.1, 0.15) is 37.7 Å². The number of hydrogen-bond acceptors (Lipinski definition) is 2. The van der Waals surface area contributed by atoms with Crippen molar-refractivity contribution in [1.29, 1.82) is 0 Å². The maximum atomic E-state index is 10.3. The highest BCUT2D eigenvalue weighted by Crippen LogP contribution is 2.23. The zero-order valence-corrected chi connectivity index (χ0v) is 12.1. The molecule has 0 atom stereocenters. The smallest absolute Gasteiger partial charge is 0.404 e. The van der Waals surface area contributed by atoms with Crippen molar-refractivity contribution in [3.8, 4) is 17.6 Å². The highest BCUT2D eigenvalue weighted by Gasteiger charge is 2.09. The average molecular weight is 287 g/mol. The van der Waals surface area contributed by atoms with Gasteiger partial charge in [0.2, 0.25) is 0 Å². The van der Waals surface area contributed by atoms with Gasteiger partial charge in [-0.1, -0.05) is 37.2 Å². The summed E-state index contributed by atoms with van der Waals surface area (Å²) in [6, 6.07) is 7.63. The van der Waals surface area contributed by atoms with Crippen molar-refractivity contribution in [1.82, 2.24) is 5.32 Å². The lowest BCUT2D eigenvalue weighted by molar-refractivity contribution is 0.191. The van der Waals surface area contributed by atoms with E-state index in [1.54, 1.807) is 0 Å². The number of ether oxygens (including phenoxy) is 1. The van der Waals surface area contributed by atoms with Crippen molar-refractivity contribution in [2.75, 3.05) is 13.2 Å². The van der Waals surface area contributed by atoms with Gasteiger partial charge < -0.3 is 15.2 Å². The van der Waals surface area contributed by atoms with Crippen LogP contribution < -0.4 is 10.1 Å². The molecule has 1 amide bonds. The molecule has 0 unspecified atom stereocenters. The van der Waals surface area contributed by atoms with E-state index in [1.807, 2.05) is 24.3 Å². The van der Waals surface area contributed by atoms with E-state index in [4.69, 9.17) is 9.84 Å². The zero-order valence-electron chi connectivity index (χ0n) is 12.1. The fourth-order valence-electron chi connectivity index (χ4n) is 2.42. The monoisotopic (exact) mass is 287 g/mol. The first kappa shape index (κ1) is 15.2. The Hall–Kier alpha value is -2.15. The zero-order chi connectivity index (χ0) is 14.9. The molecule has 1 aromatic carbocycles. The Bertz CT molecular complexity index is 524. The average Bonchev–Trinajstić information content (AvgIpc) is 2.51. The van der Waals surface area contributed by atoms with Crippen molar-refractivity contribution in [2.45, 2.75) is 32.1 Å².